The van der Waals surface area contributed by atoms with Gasteiger partial charge in [-0.15, -0.1) is 0 Å². The van der Waals surface area contributed by atoms with Gasteiger partial charge in [0.2, 0.25) is 0 Å². The van der Waals surface area contributed by atoms with Crippen LogP contribution in [0.25, 0.3) is 0 Å². The fraction of sp³-hybridized carbons (Fsp3) is 0.278. The van der Waals surface area contributed by atoms with Crippen molar-refractivity contribution >= 4 is 17.5 Å². The molecule has 22 heavy (non-hydrogen) atoms. The van der Waals surface area contributed by atoms with Crippen molar-refractivity contribution in [3.8, 4) is 5.75 Å². The quantitative estimate of drug-likeness (QED) is 0.781. The Labute approximate surface area is 136 Å². The van der Waals surface area contributed by atoms with Crippen LogP contribution in [0, 0.1) is 0 Å². The zero-order chi connectivity index (χ0) is 15.8. The molecule has 0 aliphatic carbocycles. The Morgan fingerprint density at radius 1 is 1.18 bits per heavy atom. The standard InChI is InChI=1S/C18H20ClNO2/c1-2-22-17-11-10-15(13-16(17)19)18(21)20-12-6-9-14-7-4-3-5-8-14/h3-5,7-8,10-11,13H,2,6,9,12H2,1H3,(H,20,21). The van der Waals surface area contributed by atoms with Crippen molar-refractivity contribution in [2.75, 3.05) is 13.2 Å². The van der Waals surface area contributed by atoms with Crippen molar-refractivity contribution in [2.24, 2.45) is 0 Å². The molecule has 1 N–H and O–H groups in total. The lowest BCUT2D eigenvalue weighted by molar-refractivity contribution is 0.0953. The third-order valence-electron chi connectivity index (χ3n) is 3.26. The van der Waals surface area contributed by atoms with Crippen LogP contribution < -0.4 is 10.1 Å². The molecule has 0 aromatic heterocycles. The highest BCUT2D eigenvalue weighted by atomic mass is 35.5. The van der Waals surface area contributed by atoms with Gasteiger partial charge in [0.05, 0.1) is 11.6 Å². The summed E-state index contributed by atoms with van der Waals surface area (Å²) in [4.78, 5) is 12.1. The van der Waals surface area contributed by atoms with Gasteiger partial charge in [-0.25, -0.2) is 0 Å². The maximum Gasteiger partial charge on any atom is 0.251 e. The molecule has 116 valence electrons. The van der Waals surface area contributed by atoms with E-state index in [1.165, 1.54) is 5.56 Å². The molecule has 0 aliphatic heterocycles. The molecule has 0 atom stereocenters. The molecular weight excluding hydrogens is 298 g/mol. The van der Waals surface area contributed by atoms with Crippen molar-refractivity contribution in [1.82, 2.24) is 5.32 Å². The highest BCUT2D eigenvalue weighted by Gasteiger charge is 2.08. The van der Waals surface area contributed by atoms with Crippen LogP contribution in [-0.4, -0.2) is 19.1 Å². The molecule has 0 fully saturated rings. The number of hydrogen-bond acceptors (Lipinski definition) is 2. The third-order valence-corrected chi connectivity index (χ3v) is 3.56. The van der Waals surface area contributed by atoms with E-state index in [1.807, 2.05) is 25.1 Å². The Hall–Kier alpha value is -2.00. The van der Waals surface area contributed by atoms with Crippen LogP contribution in [0.3, 0.4) is 0 Å². The zero-order valence-electron chi connectivity index (χ0n) is 12.6. The Morgan fingerprint density at radius 2 is 1.95 bits per heavy atom. The number of hydrogen-bond donors (Lipinski definition) is 1. The fourth-order valence-electron chi connectivity index (χ4n) is 2.16. The Morgan fingerprint density at radius 3 is 2.64 bits per heavy atom. The molecule has 1 amide bonds. The Balaban J connectivity index is 1.81. The molecule has 2 aromatic rings. The number of aryl methyl sites for hydroxylation is 1. The SMILES string of the molecule is CCOc1ccc(C(=O)NCCCc2ccccc2)cc1Cl. The summed E-state index contributed by atoms with van der Waals surface area (Å²) in [7, 11) is 0. The number of ether oxygens (including phenoxy) is 1. The highest BCUT2D eigenvalue weighted by molar-refractivity contribution is 6.32. The molecule has 4 heteroatoms. The van der Waals surface area contributed by atoms with E-state index in [0.717, 1.165) is 12.8 Å². The molecule has 0 saturated carbocycles. The van der Waals surface area contributed by atoms with Gasteiger partial charge in [0.1, 0.15) is 5.75 Å². The first kappa shape index (κ1) is 16.4. The van der Waals surface area contributed by atoms with Crippen molar-refractivity contribution < 1.29 is 9.53 Å². The molecule has 0 unspecified atom stereocenters. The average Bonchev–Trinajstić information content (AvgIpc) is 2.54. The summed E-state index contributed by atoms with van der Waals surface area (Å²) in [6, 6.07) is 15.3. The van der Waals surface area contributed by atoms with E-state index >= 15 is 0 Å². The van der Waals surface area contributed by atoms with E-state index in [1.54, 1.807) is 18.2 Å². The van der Waals surface area contributed by atoms with E-state index in [0.29, 0.717) is 29.5 Å². The molecule has 0 spiro atoms. The monoisotopic (exact) mass is 317 g/mol. The molecule has 3 nitrogen and oxygen atoms in total. The van der Waals surface area contributed by atoms with Crippen LogP contribution in [0.4, 0.5) is 0 Å². The van der Waals surface area contributed by atoms with Crippen LogP contribution >= 0.6 is 11.6 Å². The Bertz CT molecular complexity index is 614. The summed E-state index contributed by atoms with van der Waals surface area (Å²) in [6.07, 6.45) is 1.85. The van der Waals surface area contributed by atoms with Crippen LogP contribution in [0.15, 0.2) is 48.5 Å². The van der Waals surface area contributed by atoms with Gasteiger partial charge in [-0.2, -0.15) is 0 Å². The van der Waals surface area contributed by atoms with E-state index < -0.39 is 0 Å². The van der Waals surface area contributed by atoms with E-state index in [9.17, 15) is 4.79 Å². The molecule has 0 saturated heterocycles. The van der Waals surface area contributed by atoms with Gasteiger partial charge in [-0.3, -0.25) is 4.79 Å². The lowest BCUT2D eigenvalue weighted by Gasteiger charge is -2.08. The Kier molecular flexibility index (Phi) is 6.28. The van der Waals surface area contributed by atoms with E-state index in [2.05, 4.69) is 17.4 Å². The second-order valence-corrected chi connectivity index (χ2v) is 5.33. The summed E-state index contributed by atoms with van der Waals surface area (Å²) in [6.45, 7) is 3.08. The van der Waals surface area contributed by atoms with Crippen LogP contribution in [-0.2, 0) is 6.42 Å². The summed E-state index contributed by atoms with van der Waals surface area (Å²) in [5, 5.41) is 3.37. The van der Waals surface area contributed by atoms with Gasteiger partial charge < -0.3 is 10.1 Å². The van der Waals surface area contributed by atoms with Crippen LogP contribution in [0.5, 0.6) is 5.75 Å². The summed E-state index contributed by atoms with van der Waals surface area (Å²) >= 11 is 6.09. The first-order chi connectivity index (χ1) is 10.7. The minimum absolute atomic E-state index is 0.113. The minimum Gasteiger partial charge on any atom is -0.492 e. The normalized spacial score (nSPS) is 10.3. The highest BCUT2D eigenvalue weighted by Crippen LogP contribution is 2.25. The molecule has 0 aliphatic rings. The van der Waals surface area contributed by atoms with Crippen molar-refractivity contribution in [2.45, 2.75) is 19.8 Å². The average molecular weight is 318 g/mol. The van der Waals surface area contributed by atoms with E-state index in [-0.39, 0.29) is 5.91 Å². The zero-order valence-corrected chi connectivity index (χ0v) is 13.4. The lowest BCUT2D eigenvalue weighted by Crippen LogP contribution is -2.24. The number of nitrogens with one attached hydrogen (secondary N) is 1. The van der Waals surface area contributed by atoms with Gasteiger partial charge in [0.15, 0.2) is 0 Å². The second kappa shape index (κ2) is 8.44. The van der Waals surface area contributed by atoms with Gasteiger partial charge >= 0.3 is 0 Å². The topological polar surface area (TPSA) is 38.3 Å². The fourth-order valence-corrected chi connectivity index (χ4v) is 2.39. The predicted molar refractivity (Wildman–Crippen MR) is 89.7 cm³/mol. The molecule has 2 aromatic carbocycles. The first-order valence-corrected chi connectivity index (χ1v) is 7.83. The van der Waals surface area contributed by atoms with Crippen molar-refractivity contribution in [3.63, 3.8) is 0 Å². The van der Waals surface area contributed by atoms with Gasteiger partial charge in [-0.05, 0) is 43.5 Å². The van der Waals surface area contributed by atoms with Crippen molar-refractivity contribution in [3.05, 3.63) is 64.7 Å². The number of carbonyl (C=O) groups excluding carboxylic acids is 1. The predicted octanol–water partition coefficient (Wildman–Crippen LogP) is 4.10. The summed E-state index contributed by atoms with van der Waals surface area (Å²) in [5.74, 6) is 0.489. The molecule has 0 radical (unpaired) electrons. The smallest absolute Gasteiger partial charge is 0.251 e. The largest absolute Gasteiger partial charge is 0.492 e. The second-order valence-electron chi connectivity index (χ2n) is 4.92. The maximum absolute atomic E-state index is 12.1. The molecule has 0 bridgehead atoms. The van der Waals surface area contributed by atoms with Crippen molar-refractivity contribution in [1.29, 1.82) is 0 Å². The number of halogens is 1. The molecular formula is C18H20ClNO2. The minimum atomic E-state index is -0.113. The summed E-state index contributed by atoms with van der Waals surface area (Å²) in [5.41, 5.74) is 1.83. The van der Waals surface area contributed by atoms with Gasteiger partial charge in [0, 0.05) is 12.1 Å². The lowest BCUT2D eigenvalue weighted by atomic mass is 10.1. The molecule has 0 heterocycles. The molecule has 2 rings (SSSR count). The maximum atomic E-state index is 12.1. The van der Waals surface area contributed by atoms with Gasteiger partial charge in [0.25, 0.3) is 5.91 Å². The van der Waals surface area contributed by atoms with Crippen LogP contribution in [0.1, 0.15) is 29.3 Å². The number of benzene rings is 2. The number of rotatable bonds is 7. The van der Waals surface area contributed by atoms with Crippen LogP contribution in [0.2, 0.25) is 5.02 Å². The number of amides is 1. The summed E-state index contributed by atoms with van der Waals surface area (Å²) < 4.78 is 5.36. The third kappa shape index (κ3) is 4.78. The van der Waals surface area contributed by atoms with Gasteiger partial charge in [-0.1, -0.05) is 41.9 Å². The number of carbonyl (C=O) groups is 1. The first-order valence-electron chi connectivity index (χ1n) is 7.45. The van der Waals surface area contributed by atoms with E-state index in [4.69, 9.17) is 16.3 Å².